The largest absolute Gasteiger partial charge is 0.495 e. The Morgan fingerprint density at radius 2 is 2.20 bits per heavy atom. The summed E-state index contributed by atoms with van der Waals surface area (Å²) in [6.45, 7) is 2.39. The molecule has 0 aliphatic carbocycles. The number of halogens is 1. The number of hydrogen-bond acceptors (Lipinski definition) is 3. The number of nitrogens with two attached hydrogens (primary N) is 1. The van der Waals surface area contributed by atoms with Crippen LogP contribution in [0.2, 0.25) is 5.02 Å². The van der Waals surface area contributed by atoms with E-state index in [0.717, 1.165) is 18.7 Å². The molecule has 4 heteroatoms. The third-order valence-corrected chi connectivity index (χ3v) is 2.47. The second-order valence-corrected chi connectivity index (χ2v) is 3.90. The lowest BCUT2D eigenvalue weighted by Gasteiger charge is -2.15. The Morgan fingerprint density at radius 1 is 1.47 bits per heavy atom. The van der Waals surface area contributed by atoms with E-state index in [0.29, 0.717) is 17.3 Å². The van der Waals surface area contributed by atoms with Crippen molar-refractivity contribution in [2.75, 3.05) is 27.2 Å². The van der Waals surface area contributed by atoms with Crippen molar-refractivity contribution in [3.05, 3.63) is 28.8 Å². The summed E-state index contributed by atoms with van der Waals surface area (Å²) in [5.41, 5.74) is 6.63. The fraction of sp³-hybridized carbons (Fsp3) is 0.455. The molecule has 0 saturated heterocycles. The van der Waals surface area contributed by atoms with Crippen LogP contribution in [0.4, 0.5) is 0 Å². The molecule has 15 heavy (non-hydrogen) atoms. The number of ether oxygens (including phenoxy) is 1. The van der Waals surface area contributed by atoms with Crippen molar-refractivity contribution in [1.82, 2.24) is 4.90 Å². The quantitative estimate of drug-likeness (QED) is 0.835. The summed E-state index contributed by atoms with van der Waals surface area (Å²) < 4.78 is 5.09. The fourth-order valence-electron chi connectivity index (χ4n) is 1.42. The summed E-state index contributed by atoms with van der Waals surface area (Å²) in [5.74, 6) is 0.710. The van der Waals surface area contributed by atoms with Crippen LogP contribution in [-0.2, 0) is 6.54 Å². The monoisotopic (exact) mass is 228 g/mol. The number of likely N-dealkylation sites (N-methyl/N-ethyl adjacent to an activating group) is 1. The van der Waals surface area contributed by atoms with Crippen LogP contribution in [0.25, 0.3) is 0 Å². The van der Waals surface area contributed by atoms with E-state index in [1.54, 1.807) is 7.11 Å². The van der Waals surface area contributed by atoms with E-state index < -0.39 is 0 Å². The molecule has 0 radical (unpaired) electrons. The summed E-state index contributed by atoms with van der Waals surface area (Å²) in [7, 11) is 3.65. The van der Waals surface area contributed by atoms with Gasteiger partial charge < -0.3 is 15.4 Å². The van der Waals surface area contributed by atoms with E-state index in [2.05, 4.69) is 4.90 Å². The van der Waals surface area contributed by atoms with Crippen LogP contribution in [0.3, 0.4) is 0 Å². The second-order valence-electron chi connectivity index (χ2n) is 3.50. The van der Waals surface area contributed by atoms with Gasteiger partial charge in [-0.15, -0.1) is 0 Å². The van der Waals surface area contributed by atoms with Gasteiger partial charge in [-0.3, -0.25) is 0 Å². The van der Waals surface area contributed by atoms with Crippen molar-refractivity contribution < 1.29 is 4.74 Å². The molecular formula is C11H17ClN2O. The van der Waals surface area contributed by atoms with Gasteiger partial charge in [-0.1, -0.05) is 17.7 Å². The van der Waals surface area contributed by atoms with Gasteiger partial charge in [0.25, 0.3) is 0 Å². The molecule has 0 amide bonds. The van der Waals surface area contributed by atoms with Crippen LogP contribution >= 0.6 is 11.6 Å². The highest BCUT2D eigenvalue weighted by molar-refractivity contribution is 6.32. The van der Waals surface area contributed by atoms with Crippen LogP contribution in [0.1, 0.15) is 5.56 Å². The molecule has 0 heterocycles. The van der Waals surface area contributed by atoms with Crippen LogP contribution in [-0.4, -0.2) is 32.1 Å². The highest BCUT2D eigenvalue weighted by Crippen LogP contribution is 2.25. The Balaban J connectivity index is 2.66. The van der Waals surface area contributed by atoms with Crippen LogP contribution < -0.4 is 10.5 Å². The first-order valence-corrected chi connectivity index (χ1v) is 5.26. The minimum Gasteiger partial charge on any atom is -0.495 e. The lowest BCUT2D eigenvalue weighted by atomic mass is 10.2. The van der Waals surface area contributed by atoms with E-state index in [9.17, 15) is 0 Å². The van der Waals surface area contributed by atoms with Crippen molar-refractivity contribution in [3.8, 4) is 5.75 Å². The van der Waals surface area contributed by atoms with Crippen molar-refractivity contribution in [2.24, 2.45) is 5.73 Å². The summed E-state index contributed by atoms with van der Waals surface area (Å²) in [4.78, 5) is 2.15. The van der Waals surface area contributed by atoms with Gasteiger partial charge in [0, 0.05) is 19.6 Å². The predicted molar refractivity (Wildman–Crippen MR) is 63.4 cm³/mol. The van der Waals surface area contributed by atoms with Crippen molar-refractivity contribution in [1.29, 1.82) is 0 Å². The fourth-order valence-corrected chi connectivity index (χ4v) is 1.70. The molecule has 0 aromatic heterocycles. The SMILES string of the molecule is COc1ccc(CN(C)CCN)cc1Cl. The van der Waals surface area contributed by atoms with E-state index in [-0.39, 0.29) is 0 Å². The molecule has 2 N–H and O–H groups in total. The van der Waals surface area contributed by atoms with Gasteiger partial charge in [0.2, 0.25) is 0 Å². The second kappa shape index (κ2) is 5.95. The Morgan fingerprint density at radius 3 is 2.73 bits per heavy atom. The Kier molecular flexibility index (Phi) is 4.88. The molecule has 0 unspecified atom stereocenters. The predicted octanol–water partition coefficient (Wildman–Crippen LogP) is 1.74. The zero-order valence-corrected chi connectivity index (χ0v) is 9.92. The Bertz CT molecular complexity index is 317. The third kappa shape index (κ3) is 3.70. The molecule has 0 aliphatic heterocycles. The van der Waals surface area contributed by atoms with Gasteiger partial charge in [-0.05, 0) is 24.7 Å². The van der Waals surface area contributed by atoms with Gasteiger partial charge in [0.15, 0.2) is 0 Å². The molecule has 0 aliphatic rings. The zero-order chi connectivity index (χ0) is 11.3. The van der Waals surface area contributed by atoms with Crippen LogP contribution in [0, 0.1) is 0 Å². The minimum atomic E-state index is 0.649. The molecule has 0 atom stereocenters. The van der Waals surface area contributed by atoms with Crippen molar-refractivity contribution in [3.63, 3.8) is 0 Å². The maximum atomic E-state index is 6.02. The topological polar surface area (TPSA) is 38.5 Å². The summed E-state index contributed by atoms with van der Waals surface area (Å²) >= 11 is 6.02. The summed E-state index contributed by atoms with van der Waals surface area (Å²) in [5, 5.41) is 0.649. The van der Waals surface area contributed by atoms with Gasteiger partial charge >= 0.3 is 0 Å². The first kappa shape index (κ1) is 12.3. The molecule has 0 saturated carbocycles. The smallest absolute Gasteiger partial charge is 0.137 e. The van der Waals surface area contributed by atoms with Gasteiger partial charge in [0.05, 0.1) is 12.1 Å². The standard InChI is InChI=1S/C11H17ClN2O/c1-14(6-5-13)8-9-3-4-11(15-2)10(12)7-9/h3-4,7H,5-6,8,13H2,1-2H3. The highest BCUT2D eigenvalue weighted by Gasteiger charge is 2.03. The first-order valence-electron chi connectivity index (χ1n) is 4.88. The summed E-state index contributed by atoms with van der Waals surface area (Å²) in [6, 6.07) is 5.82. The minimum absolute atomic E-state index is 0.649. The Hall–Kier alpha value is -0.770. The number of hydrogen-bond donors (Lipinski definition) is 1. The van der Waals surface area contributed by atoms with Crippen LogP contribution in [0.15, 0.2) is 18.2 Å². The highest BCUT2D eigenvalue weighted by atomic mass is 35.5. The molecule has 0 spiro atoms. The maximum Gasteiger partial charge on any atom is 0.137 e. The van der Waals surface area contributed by atoms with E-state index >= 15 is 0 Å². The molecule has 0 bridgehead atoms. The van der Waals surface area contributed by atoms with E-state index in [4.69, 9.17) is 22.1 Å². The maximum absolute atomic E-state index is 6.02. The molecule has 1 aromatic rings. The molecular weight excluding hydrogens is 212 g/mol. The normalized spacial score (nSPS) is 10.7. The summed E-state index contributed by atoms with van der Waals surface area (Å²) in [6.07, 6.45) is 0. The number of methoxy groups -OCH3 is 1. The number of rotatable bonds is 5. The van der Waals surface area contributed by atoms with Gasteiger partial charge in [-0.2, -0.15) is 0 Å². The number of benzene rings is 1. The number of nitrogens with zero attached hydrogens (tertiary/aromatic N) is 1. The Labute approximate surface area is 95.8 Å². The molecule has 1 aromatic carbocycles. The molecule has 84 valence electrons. The zero-order valence-electron chi connectivity index (χ0n) is 9.16. The van der Waals surface area contributed by atoms with Crippen molar-refractivity contribution >= 4 is 11.6 Å². The lowest BCUT2D eigenvalue weighted by molar-refractivity contribution is 0.336. The van der Waals surface area contributed by atoms with E-state index in [1.807, 2.05) is 25.2 Å². The van der Waals surface area contributed by atoms with E-state index in [1.165, 1.54) is 0 Å². The first-order chi connectivity index (χ1) is 7.17. The third-order valence-electron chi connectivity index (χ3n) is 2.18. The molecule has 1 rings (SSSR count). The van der Waals surface area contributed by atoms with Crippen LogP contribution in [0.5, 0.6) is 5.75 Å². The molecule has 0 fully saturated rings. The average molecular weight is 229 g/mol. The van der Waals surface area contributed by atoms with Crippen molar-refractivity contribution in [2.45, 2.75) is 6.54 Å². The van der Waals surface area contributed by atoms with Gasteiger partial charge in [-0.25, -0.2) is 0 Å². The molecule has 3 nitrogen and oxygen atoms in total. The average Bonchev–Trinajstić information content (AvgIpc) is 2.18. The van der Waals surface area contributed by atoms with Gasteiger partial charge in [0.1, 0.15) is 5.75 Å². The lowest BCUT2D eigenvalue weighted by Crippen LogP contribution is -2.24.